The Hall–Kier alpha value is -4.96. The van der Waals surface area contributed by atoms with Gasteiger partial charge in [0, 0.05) is 29.2 Å². The maximum atomic E-state index is 13.4. The Morgan fingerprint density at radius 3 is 2.39 bits per heavy atom. The number of urea groups is 1. The summed E-state index contributed by atoms with van der Waals surface area (Å²) in [6.07, 6.45) is 3.37. The number of imide groups is 2. The van der Waals surface area contributed by atoms with Gasteiger partial charge < -0.3 is 4.57 Å². The van der Waals surface area contributed by atoms with Gasteiger partial charge in [0.25, 0.3) is 11.8 Å². The number of carbonyl (C=O) groups is 3. The Labute approximate surface area is 207 Å². The number of aromatic nitrogens is 1. The van der Waals surface area contributed by atoms with Crippen LogP contribution in [0.25, 0.3) is 17.0 Å². The third-order valence-electron chi connectivity index (χ3n) is 6.16. The van der Waals surface area contributed by atoms with Gasteiger partial charge in [-0.3, -0.25) is 14.9 Å². The van der Waals surface area contributed by atoms with Crippen LogP contribution in [0.3, 0.4) is 0 Å². The van der Waals surface area contributed by atoms with Crippen molar-refractivity contribution in [3.63, 3.8) is 0 Å². The molecule has 176 valence electrons. The van der Waals surface area contributed by atoms with Crippen molar-refractivity contribution >= 4 is 40.5 Å². The number of nitriles is 1. The van der Waals surface area contributed by atoms with Crippen LogP contribution in [0, 0.1) is 25.2 Å². The minimum Gasteiger partial charge on any atom is -0.342 e. The molecule has 1 aliphatic rings. The molecule has 0 bridgehead atoms. The third kappa shape index (κ3) is 4.05. The fraction of sp³-hybridized carbons (Fsp3) is 0.103. The molecule has 0 unspecified atom stereocenters. The molecule has 1 aliphatic heterocycles. The van der Waals surface area contributed by atoms with Crippen LogP contribution in [-0.2, 0) is 16.1 Å². The largest absolute Gasteiger partial charge is 0.342 e. The first-order chi connectivity index (χ1) is 17.4. The van der Waals surface area contributed by atoms with Crippen LogP contribution in [0.1, 0.15) is 27.8 Å². The standard InChI is InChI=1S/C29H22N4O3/c1-18-11-19(2)13-23(12-18)33-28(35)25(27(34)31-29(33)36)14-22-17-32(26-10-6-5-9-24(22)26)16-21-8-4-3-7-20(21)15-30/h3-14,17H,16H2,1-2H3,(H,31,34,36). The van der Waals surface area contributed by atoms with E-state index in [1.54, 1.807) is 18.2 Å². The first-order valence-corrected chi connectivity index (χ1v) is 11.4. The highest BCUT2D eigenvalue weighted by atomic mass is 16.2. The average molecular weight is 475 g/mol. The van der Waals surface area contributed by atoms with Gasteiger partial charge in [0.2, 0.25) is 0 Å². The predicted octanol–water partition coefficient (Wildman–Crippen LogP) is 4.84. The van der Waals surface area contributed by atoms with E-state index in [4.69, 9.17) is 0 Å². The third-order valence-corrected chi connectivity index (χ3v) is 6.16. The summed E-state index contributed by atoms with van der Waals surface area (Å²) in [4.78, 5) is 39.8. The van der Waals surface area contributed by atoms with Crippen molar-refractivity contribution in [2.75, 3.05) is 4.90 Å². The number of rotatable bonds is 4. The Kier molecular flexibility index (Phi) is 5.71. The Morgan fingerprint density at radius 2 is 1.64 bits per heavy atom. The summed E-state index contributed by atoms with van der Waals surface area (Å²) in [5, 5.41) is 12.6. The molecule has 0 aliphatic carbocycles. The SMILES string of the molecule is Cc1cc(C)cc(N2C(=O)NC(=O)C(=Cc3cn(Cc4ccccc4C#N)c4ccccc34)C2=O)c1. The molecule has 1 aromatic heterocycles. The van der Waals surface area contributed by atoms with Crippen LogP contribution in [0.4, 0.5) is 10.5 Å². The van der Waals surface area contributed by atoms with Gasteiger partial charge in [0.1, 0.15) is 5.57 Å². The normalized spacial score (nSPS) is 14.9. The summed E-state index contributed by atoms with van der Waals surface area (Å²) < 4.78 is 1.98. The monoisotopic (exact) mass is 474 g/mol. The second-order valence-corrected chi connectivity index (χ2v) is 8.80. The van der Waals surface area contributed by atoms with E-state index in [1.807, 2.05) is 73.1 Å². The highest BCUT2D eigenvalue weighted by molar-refractivity contribution is 6.39. The lowest BCUT2D eigenvalue weighted by Gasteiger charge is -2.26. The minimum atomic E-state index is -0.775. The van der Waals surface area contributed by atoms with E-state index in [2.05, 4.69) is 11.4 Å². The number of nitrogens with zero attached hydrogens (tertiary/aromatic N) is 3. The Bertz CT molecular complexity index is 1620. The zero-order chi connectivity index (χ0) is 25.4. The Balaban J connectivity index is 1.59. The smallest absolute Gasteiger partial charge is 0.335 e. The van der Waals surface area contributed by atoms with Gasteiger partial charge in [-0.1, -0.05) is 42.5 Å². The second kappa shape index (κ2) is 9.01. The number of aryl methyl sites for hydroxylation is 2. The first kappa shape index (κ1) is 22.8. The van der Waals surface area contributed by atoms with Crippen LogP contribution in [0.5, 0.6) is 0 Å². The van der Waals surface area contributed by atoms with Crippen LogP contribution >= 0.6 is 0 Å². The molecule has 7 nitrogen and oxygen atoms in total. The highest BCUT2D eigenvalue weighted by Gasteiger charge is 2.37. The molecule has 0 saturated carbocycles. The molecule has 0 atom stereocenters. The number of fused-ring (bicyclic) bond motifs is 1. The summed E-state index contributed by atoms with van der Waals surface area (Å²) >= 11 is 0. The van der Waals surface area contributed by atoms with E-state index in [1.165, 1.54) is 6.08 Å². The zero-order valence-corrected chi connectivity index (χ0v) is 19.8. The molecule has 1 fully saturated rings. The van der Waals surface area contributed by atoms with E-state index in [-0.39, 0.29) is 5.57 Å². The molecule has 0 radical (unpaired) electrons. The van der Waals surface area contributed by atoms with Gasteiger partial charge in [0.05, 0.1) is 17.3 Å². The fourth-order valence-electron chi connectivity index (χ4n) is 4.60. The summed E-state index contributed by atoms with van der Waals surface area (Å²) in [6, 6.07) is 21.9. The lowest BCUT2D eigenvalue weighted by molar-refractivity contribution is -0.122. The summed E-state index contributed by atoms with van der Waals surface area (Å²) in [6.45, 7) is 4.20. The number of hydrogen-bond acceptors (Lipinski definition) is 4. The van der Waals surface area contributed by atoms with Crippen molar-refractivity contribution in [1.82, 2.24) is 9.88 Å². The molecule has 4 amide bonds. The molecule has 7 heteroatoms. The number of amides is 4. The van der Waals surface area contributed by atoms with Gasteiger partial charge in [0.15, 0.2) is 0 Å². The summed E-state index contributed by atoms with van der Waals surface area (Å²) in [5.74, 6) is -1.42. The molecule has 36 heavy (non-hydrogen) atoms. The van der Waals surface area contributed by atoms with Gasteiger partial charge in [-0.25, -0.2) is 9.69 Å². The van der Waals surface area contributed by atoms with Crippen molar-refractivity contribution in [3.8, 4) is 6.07 Å². The number of para-hydroxylation sites is 1. The quantitative estimate of drug-likeness (QED) is 0.338. The van der Waals surface area contributed by atoms with Gasteiger partial charge in [-0.05, 0) is 60.9 Å². The molecule has 5 rings (SSSR count). The van der Waals surface area contributed by atoms with Crippen molar-refractivity contribution < 1.29 is 14.4 Å². The number of benzene rings is 3. The number of nitrogens with one attached hydrogen (secondary N) is 1. The zero-order valence-electron chi connectivity index (χ0n) is 19.8. The van der Waals surface area contributed by atoms with Gasteiger partial charge in [-0.15, -0.1) is 0 Å². The lowest BCUT2D eigenvalue weighted by atomic mass is 10.0. The molecule has 4 aromatic rings. The molecule has 1 N–H and O–H groups in total. The van der Waals surface area contributed by atoms with Crippen molar-refractivity contribution in [2.45, 2.75) is 20.4 Å². The fourth-order valence-corrected chi connectivity index (χ4v) is 4.60. The number of hydrogen-bond donors (Lipinski definition) is 1. The minimum absolute atomic E-state index is 0.130. The van der Waals surface area contributed by atoms with Gasteiger partial charge in [-0.2, -0.15) is 5.26 Å². The maximum absolute atomic E-state index is 13.4. The van der Waals surface area contributed by atoms with Crippen molar-refractivity contribution in [2.24, 2.45) is 0 Å². The average Bonchev–Trinajstić information content (AvgIpc) is 3.18. The van der Waals surface area contributed by atoms with Crippen LogP contribution < -0.4 is 10.2 Å². The first-order valence-electron chi connectivity index (χ1n) is 11.4. The summed E-state index contributed by atoms with van der Waals surface area (Å²) in [5.41, 5.74) is 5.06. The van der Waals surface area contributed by atoms with E-state index < -0.39 is 17.8 Å². The summed E-state index contributed by atoms with van der Waals surface area (Å²) in [7, 11) is 0. The van der Waals surface area contributed by atoms with Crippen molar-refractivity contribution in [3.05, 3.63) is 106 Å². The molecule has 2 heterocycles. The number of carbonyl (C=O) groups excluding carboxylic acids is 3. The molecular weight excluding hydrogens is 452 g/mol. The predicted molar refractivity (Wildman–Crippen MR) is 137 cm³/mol. The van der Waals surface area contributed by atoms with E-state index in [9.17, 15) is 19.6 Å². The molecular formula is C29H22N4O3. The van der Waals surface area contributed by atoms with Crippen LogP contribution in [0.2, 0.25) is 0 Å². The molecule has 3 aromatic carbocycles. The number of barbiturate groups is 1. The molecule has 0 spiro atoms. The van der Waals surface area contributed by atoms with E-state index in [0.29, 0.717) is 23.4 Å². The van der Waals surface area contributed by atoms with E-state index >= 15 is 0 Å². The van der Waals surface area contributed by atoms with E-state index in [0.717, 1.165) is 32.5 Å². The molecule has 1 saturated heterocycles. The van der Waals surface area contributed by atoms with Gasteiger partial charge >= 0.3 is 6.03 Å². The Morgan fingerprint density at radius 1 is 0.944 bits per heavy atom. The second-order valence-electron chi connectivity index (χ2n) is 8.80. The maximum Gasteiger partial charge on any atom is 0.335 e. The number of anilines is 1. The lowest BCUT2D eigenvalue weighted by Crippen LogP contribution is -2.54. The van der Waals surface area contributed by atoms with Crippen LogP contribution in [-0.4, -0.2) is 22.4 Å². The topological polar surface area (TPSA) is 95.2 Å². The van der Waals surface area contributed by atoms with Crippen molar-refractivity contribution in [1.29, 1.82) is 5.26 Å². The van der Waals surface area contributed by atoms with Crippen LogP contribution in [0.15, 0.2) is 78.5 Å². The highest BCUT2D eigenvalue weighted by Crippen LogP contribution is 2.28.